The monoisotopic (exact) mass is 302 g/mol. The molecule has 1 heterocycles. The van der Waals surface area contributed by atoms with Crippen LogP contribution in [0.15, 0.2) is 24.3 Å². The highest BCUT2D eigenvalue weighted by molar-refractivity contribution is 6.30. The predicted molar refractivity (Wildman–Crippen MR) is 85.1 cm³/mol. The van der Waals surface area contributed by atoms with Gasteiger partial charge in [-0.3, -0.25) is 4.90 Å². The number of rotatable bonds is 3. The molecule has 0 amide bonds. The SMILES string of the molecule is CCC(c1ccc(Cl)cc1)N1CCC(N)C(C)C1.Cl. The van der Waals surface area contributed by atoms with E-state index in [-0.39, 0.29) is 12.4 Å². The van der Waals surface area contributed by atoms with Crippen molar-refractivity contribution in [3.8, 4) is 0 Å². The molecular weight excluding hydrogens is 279 g/mol. The van der Waals surface area contributed by atoms with Crippen molar-refractivity contribution >= 4 is 24.0 Å². The third-order valence-corrected chi connectivity index (χ3v) is 4.34. The average molecular weight is 303 g/mol. The Morgan fingerprint density at radius 2 is 2.00 bits per heavy atom. The fourth-order valence-corrected chi connectivity index (χ4v) is 2.99. The van der Waals surface area contributed by atoms with Gasteiger partial charge in [-0.2, -0.15) is 0 Å². The van der Waals surface area contributed by atoms with E-state index in [1.807, 2.05) is 12.1 Å². The van der Waals surface area contributed by atoms with Crippen LogP contribution in [0, 0.1) is 5.92 Å². The largest absolute Gasteiger partial charge is 0.327 e. The summed E-state index contributed by atoms with van der Waals surface area (Å²) < 4.78 is 0. The van der Waals surface area contributed by atoms with Crippen LogP contribution < -0.4 is 5.73 Å². The first-order valence-electron chi connectivity index (χ1n) is 6.87. The summed E-state index contributed by atoms with van der Waals surface area (Å²) in [4.78, 5) is 2.57. The number of nitrogens with zero attached hydrogens (tertiary/aromatic N) is 1. The Morgan fingerprint density at radius 1 is 1.37 bits per heavy atom. The second kappa shape index (κ2) is 7.49. The first-order valence-corrected chi connectivity index (χ1v) is 7.24. The van der Waals surface area contributed by atoms with Crippen LogP contribution in [0.4, 0.5) is 0 Å². The van der Waals surface area contributed by atoms with Crippen LogP contribution in [-0.2, 0) is 0 Å². The molecule has 108 valence electrons. The third-order valence-electron chi connectivity index (χ3n) is 4.09. The second-order valence-corrected chi connectivity index (χ2v) is 5.84. The van der Waals surface area contributed by atoms with Gasteiger partial charge in [0, 0.05) is 30.2 Å². The van der Waals surface area contributed by atoms with Crippen molar-refractivity contribution in [1.29, 1.82) is 0 Å². The van der Waals surface area contributed by atoms with Gasteiger partial charge in [0.25, 0.3) is 0 Å². The minimum absolute atomic E-state index is 0. The summed E-state index contributed by atoms with van der Waals surface area (Å²) >= 11 is 5.96. The number of piperidine rings is 1. The summed E-state index contributed by atoms with van der Waals surface area (Å²) in [6.45, 7) is 6.71. The molecule has 1 saturated heterocycles. The highest BCUT2D eigenvalue weighted by atomic mass is 35.5. The molecule has 2 nitrogen and oxygen atoms in total. The van der Waals surface area contributed by atoms with E-state index in [1.165, 1.54) is 5.56 Å². The zero-order valence-corrected chi connectivity index (χ0v) is 13.3. The van der Waals surface area contributed by atoms with E-state index in [4.69, 9.17) is 17.3 Å². The van der Waals surface area contributed by atoms with Gasteiger partial charge >= 0.3 is 0 Å². The summed E-state index contributed by atoms with van der Waals surface area (Å²) in [5.41, 5.74) is 7.46. The van der Waals surface area contributed by atoms with Crippen molar-refractivity contribution in [3.63, 3.8) is 0 Å². The highest BCUT2D eigenvalue weighted by Crippen LogP contribution is 2.29. The Kier molecular flexibility index (Phi) is 6.61. The summed E-state index contributed by atoms with van der Waals surface area (Å²) in [6.07, 6.45) is 2.23. The number of likely N-dealkylation sites (tertiary alicyclic amines) is 1. The van der Waals surface area contributed by atoms with E-state index >= 15 is 0 Å². The van der Waals surface area contributed by atoms with Gasteiger partial charge in [-0.25, -0.2) is 0 Å². The van der Waals surface area contributed by atoms with Crippen molar-refractivity contribution in [3.05, 3.63) is 34.9 Å². The second-order valence-electron chi connectivity index (χ2n) is 5.40. The number of hydrogen-bond donors (Lipinski definition) is 1. The van der Waals surface area contributed by atoms with Crippen LogP contribution in [0.3, 0.4) is 0 Å². The van der Waals surface area contributed by atoms with Crippen LogP contribution in [-0.4, -0.2) is 24.0 Å². The van der Waals surface area contributed by atoms with E-state index in [0.29, 0.717) is 18.0 Å². The topological polar surface area (TPSA) is 29.3 Å². The lowest BCUT2D eigenvalue weighted by Gasteiger charge is -2.40. The Hall–Kier alpha value is -0.280. The molecule has 1 fully saturated rings. The van der Waals surface area contributed by atoms with Crippen LogP contribution in [0.25, 0.3) is 0 Å². The lowest BCUT2D eigenvalue weighted by atomic mass is 9.91. The van der Waals surface area contributed by atoms with Crippen molar-refractivity contribution in [2.45, 2.75) is 38.8 Å². The Labute approximate surface area is 127 Å². The maximum Gasteiger partial charge on any atom is 0.0406 e. The standard InChI is InChI=1S/C15H23ClN2.ClH/c1-3-15(12-4-6-13(16)7-5-12)18-9-8-14(17)11(2)10-18;/h4-7,11,14-15H,3,8-10,17H2,1-2H3;1H. The van der Waals surface area contributed by atoms with E-state index in [0.717, 1.165) is 31.0 Å². The van der Waals surface area contributed by atoms with Crippen molar-refractivity contribution in [2.75, 3.05) is 13.1 Å². The first-order chi connectivity index (χ1) is 8.61. The average Bonchev–Trinajstić information content (AvgIpc) is 2.37. The van der Waals surface area contributed by atoms with Gasteiger partial charge in [0.15, 0.2) is 0 Å². The molecule has 3 atom stereocenters. The van der Waals surface area contributed by atoms with E-state index in [2.05, 4.69) is 30.9 Å². The van der Waals surface area contributed by atoms with Gasteiger partial charge in [-0.1, -0.05) is 37.6 Å². The maximum atomic E-state index is 6.10. The summed E-state index contributed by atoms with van der Waals surface area (Å²) in [5.74, 6) is 0.583. The minimum atomic E-state index is 0. The number of benzene rings is 1. The normalized spacial score (nSPS) is 25.7. The molecule has 0 spiro atoms. The zero-order valence-electron chi connectivity index (χ0n) is 11.7. The molecule has 1 aromatic rings. The molecular formula is C15H24Cl2N2. The van der Waals surface area contributed by atoms with E-state index in [9.17, 15) is 0 Å². The van der Waals surface area contributed by atoms with Crippen molar-refractivity contribution in [1.82, 2.24) is 4.90 Å². The van der Waals surface area contributed by atoms with Crippen LogP contribution in [0.1, 0.15) is 38.3 Å². The predicted octanol–water partition coefficient (Wildman–Crippen LogP) is 3.88. The zero-order chi connectivity index (χ0) is 13.1. The van der Waals surface area contributed by atoms with Crippen LogP contribution in [0.2, 0.25) is 5.02 Å². The van der Waals surface area contributed by atoms with Crippen LogP contribution in [0.5, 0.6) is 0 Å². The Bertz CT molecular complexity index is 380. The van der Waals surface area contributed by atoms with Gasteiger partial charge in [-0.15, -0.1) is 12.4 Å². The van der Waals surface area contributed by atoms with Gasteiger partial charge in [0.1, 0.15) is 0 Å². The molecule has 2 rings (SSSR count). The molecule has 2 N–H and O–H groups in total. The lowest BCUT2D eigenvalue weighted by Crippen LogP contribution is -2.47. The highest BCUT2D eigenvalue weighted by Gasteiger charge is 2.27. The molecule has 1 aliphatic heterocycles. The first kappa shape index (κ1) is 16.8. The number of halogens is 2. The van der Waals surface area contributed by atoms with E-state index < -0.39 is 0 Å². The number of hydrogen-bond acceptors (Lipinski definition) is 2. The fraction of sp³-hybridized carbons (Fsp3) is 0.600. The molecule has 0 saturated carbocycles. The van der Waals surface area contributed by atoms with Crippen molar-refractivity contribution in [2.24, 2.45) is 11.7 Å². The quantitative estimate of drug-likeness (QED) is 0.918. The molecule has 0 bridgehead atoms. The maximum absolute atomic E-state index is 6.10. The molecule has 3 unspecified atom stereocenters. The Morgan fingerprint density at radius 3 is 2.53 bits per heavy atom. The lowest BCUT2D eigenvalue weighted by molar-refractivity contribution is 0.113. The third kappa shape index (κ3) is 4.09. The molecule has 0 aliphatic carbocycles. The van der Waals surface area contributed by atoms with Gasteiger partial charge < -0.3 is 5.73 Å². The molecule has 1 aliphatic rings. The van der Waals surface area contributed by atoms with Gasteiger partial charge in [0.2, 0.25) is 0 Å². The van der Waals surface area contributed by atoms with Gasteiger partial charge in [-0.05, 0) is 36.5 Å². The summed E-state index contributed by atoms with van der Waals surface area (Å²) in [7, 11) is 0. The summed E-state index contributed by atoms with van der Waals surface area (Å²) in [5, 5.41) is 0.808. The fourth-order valence-electron chi connectivity index (χ4n) is 2.87. The smallest absolute Gasteiger partial charge is 0.0406 e. The molecule has 0 radical (unpaired) electrons. The molecule has 0 aromatic heterocycles. The van der Waals surface area contributed by atoms with E-state index in [1.54, 1.807) is 0 Å². The summed E-state index contributed by atoms with van der Waals surface area (Å²) in [6, 6.07) is 9.13. The van der Waals surface area contributed by atoms with Gasteiger partial charge in [0.05, 0.1) is 0 Å². The Balaban J connectivity index is 0.00000180. The molecule has 1 aromatic carbocycles. The number of nitrogens with two attached hydrogens (primary N) is 1. The molecule has 19 heavy (non-hydrogen) atoms. The van der Waals surface area contributed by atoms with Crippen LogP contribution >= 0.6 is 24.0 Å². The minimum Gasteiger partial charge on any atom is -0.327 e. The van der Waals surface area contributed by atoms with Crippen molar-refractivity contribution < 1.29 is 0 Å². The molecule has 4 heteroatoms.